The van der Waals surface area contributed by atoms with Gasteiger partial charge >= 0.3 is 5.97 Å². The van der Waals surface area contributed by atoms with Crippen LogP contribution < -0.4 is 5.32 Å². The van der Waals surface area contributed by atoms with E-state index in [4.69, 9.17) is 4.74 Å². The minimum atomic E-state index is -0.902. The van der Waals surface area contributed by atoms with Crippen molar-refractivity contribution in [1.82, 2.24) is 10.2 Å². The molecule has 0 radical (unpaired) electrons. The molecule has 1 aliphatic heterocycles. The highest BCUT2D eigenvalue weighted by atomic mass is 16.5. The molecule has 1 rings (SSSR count). The van der Waals surface area contributed by atoms with Crippen LogP contribution in [-0.4, -0.2) is 47.4 Å². The molecule has 1 unspecified atom stereocenters. The highest BCUT2D eigenvalue weighted by Gasteiger charge is 2.46. The van der Waals surface area contributed by atoms with Gasteiger partial charge in [0.15, 0.2) is 0 Å². The van der Waals surface area contributed by atoms with Crippen molar-refractivity contribution in [1.29, 1.82) is 0 Å². The Morgan fingerprint density at radius 1 is 1.42 bits per heavy atom. The van der Waals surface area contributed by atoms with E-state index in [1.54, 1.807) is 25.7 Å². The van der Waals surface area contributed by atoms with Gasteiger partial charge in [-0.15, -0.1) is 0 Å². The van der Waals surface area contributed by atoms with Gasteiger partial charge in [-0.1, -0.05) is 13.3 Å². The molecule has 1 N–H and O–H groups in total. The lowest BCUT2D eigenvalue weighted by molar-refractivity contribution is -0.159. The summed E-state index contributed by atoms with van der Waals surface area (Å²) in [7, 11) is 0. The molecule has 0 aromatic rings. The van der Waals surface area contributed by atoms with Crippen LogP contribution in [0.15, 0.2) is 0 Å². The number of nitrogens with zero attached hydrogens (tertiary/aromatic N) is 1. The molecule has 19 heavy (non-hydrogen) atoms. The SMILES string of the molecule is CCCC(C(=O)OCC)N1CC(=O)NC(=O)C1(C)C. The Bertz CT molecular complexity index is 379. The van der Waals surface area contributed by atoms with Crippen LogP contribution >= 0.6 is 0 Å². The lowest BCUT2D eigenvalue weighted by Crippen LogP contribution is -2.67. The van der Waals surface area contributed by atoms with E-state index in [1.807, 2.05) is 6.92 Å². The second-order valence-corrected chi connectivity index (χ2v) is 5.12. The summed E-state index contributed by atoms with van der Waals surface area (Å²) in [4.78, 5) is 37.1. The van der Waals surface area contributed by atoms with Gasteiger partial charge in [-0.2, -0.15) is 0 Å². The highest BCUT2D eigenvalue weighted by molar-refractivity contribution is 6.03. The molecular formula is C13H22N2O4. The third kappa shape index (κ3) is 3.32. The van der Waals surface area contributed by atoms with Crippen molar-refractivity contribution < 1.29 is 19.1 Å². The minimum absolute atomic E-state index is 0.0300. The topological polar surface area (TPSA) is 75.7 Å². The molecule has 0 aliphatic carbocycles. The van der Waals surface area contributed by atoms with Gasteiger partial charge in [0.2, 0.25) is 11.8 Å². The van der Waals surface area contributed by atoms with Crippen molar-refractivity contribution in [3.8, 4) is 0 Å². The molecule has 1 heterocycles. The van der Waals surface area contributed by atoms with Crippen LogP contribution in [0.2, 0.25) is 0 Å². The molecule has 108 valence electrons. The number of nitrogens with one attached hydrogen (secondary N) is 1. The Balaban J connectivity index is 3.01. The van der Waals surface area contributed by atoms with E-state index in [1.165, 1.54) is 0 Å². The summed E-state index contributed by atoms with van der Waals surface area (Å²) in [5.74, 6) is -1.14. The Kier molecular flexibility index (Phi) is 5.05. The van der Waals surface area contributed by atoms with Gasteiger partial charge < -0.3 is 4.74 Å². The van der Waals surface area contributed by atoms with Crippen molar-refractivity contribution in [3.63, 3.8) is 0 Å². The fourth-order valence-electron chi connectivity index (χ4n) is 2.21. The first kappa shape index (κ1) is 15.6. The van der Waals surface area contributed by atoms with Crippen LogP contribution in [0, 0.1) is 0 Å². The minimum Gasteiger partial charge on any atom is -0.465 e. The Morgan fingerprint density at radius 3 is 2.58 bits per heavy atom. The van der Waals surface area contributed by atoms with E-state index in [2.05, 4.69) is 5.32 Å². The number of esters is 1. The zero-order valence-corrected chi connectivity index (χ0v) is 12.0. The van der Waals surface area contributed by atoms with Gasteiger partial charge in [-0.25, -0.2) is 0 Å². The number of rotatable bonds is 5. The Labute approximate surface area is 113 Å². The number of ether oxygens (including phenoxy) is 1. The Hall–Kier alpha value is -1.43. The molecule has 0 saturated carbocycles. The van der Waals surface area contributed by atoms with E-state index in [0.29, 0.717) is 6.42 Å². The molecule has 1 atom stereocenters. The van der Waals surface area contributed by atoms with E-state index in [0.717, 1.165) is 6.42 Å². The number of carbonyl (C=O) groups excluding carboxylic acids is 3. The number of imide groups is 1. The van der Waals surface area contributed by atoms with Gasteiger partial charge in [-0.3, -0.25) is 24.6 Å². The van der Waals surface area contributed by atoms with Crippen LogP contribution in [0.1, 0.15) is 40.5 Å². The smallest absolute Gasteiger partial charge is 0.323 e. The average molecular weight is 270 g/mol. The van der Waals surface area contributed by atoms with Gasteiger partial charge in [0, 0.05) is 0 Å². The Morgan fingerprint density at radius 2 is 2.05 bits per heavy atom. The number of hydrogen-bond donors (Lipinski definition) is 1. The maximum Gasteiger partial charge on any atom is 0.323 e. The molecule has 6 nitrogen and oxygen atoms in total. The molecule has 0 spiro atoms. The molecule has 2 amide bonds. The summed E-state index contributed by atoms with van der Waals surface area (Å²) in [6.45, 7) is 7.41. The predicted octanol–water partition coefficient (Wildman–Crippen LogP) is 0.455. The summed E-state index contributed by atoms with van der Waals surface area (Å²) < 4.78 is 5.05. The van der Waals surface area contributed by atoms with Crippen LogP contribution in [-0.2, 0) is 19.1 Å². The average Bonchev–Trinajstić information content (AvgIpc) is 2.32. The van der Waals surface area contributed by atoms with Crippen LogP contribution in [0.25, 0.3) is 0 Å². The molecule has 1 saturated heterocycles. The van der Waals surface area contributed by atoms with Crippen molar-refractivity contribution in [2.45, 2.75) is 52.1 Å². The second kappa shape index (κ2) is 6.14. The van der Waals surface area contributed by atoms with Crippen LogP contribution in [0.5, 0.6) is 0 Å². The lowest BCUT2D eigenvalue weighted by atomic mass is 9.94. The monoisotopic (exact) mass is 270 g/mol. The van der Waals surface area contributed by atoms with Crippen molar-refractivity contribution in [2.24, 2.45) is 0 Å². The molecular weight excluding hydrogens is 248 g/mol. The van der Waals surface area contributed by atoms with E-state index >= 15 is 0 Å². The number of carbonyl (C=O) groups is 3. The largest absolute Gasteiger partial charge is 0.465 e. The first-order valence-electron chi connectivity index (χ1n) is 6.62. The maximum atomic E-state index is 12.0. The fraction of sp³-hybridized carbons (Fsp3) is 0.769. The quantitative estimate of drug-likeness (QED) is 0.580. The number of hydrogen-bond acceptors (Lipinski definition) is 5. The van der Waals surface area contributed by atoms with Crippen LogP contribution in [0.3, 0.4) is 0 Å². The summed E-state index contributed by atoms with van der Waals surface area (Å²) in [6.07, 6.45) is 1.33. The standard InChI is InChI=1S/C13H22N2O4/c1-5-7-9(11(17)19-6-2)15-8-10(16)14-12(18)13(15,3)4/h9H,5-8H2,1-4H3,(H,14,16,18). The fourth-order valence-corrected chi connectivity index (χ4v) is 2.21. The molecule has 6 heteroatoms. The van der Waals surface area contributed by atoms with E-state index in [-0.39, 0.29) is 30.9 Å². The van der Waals surface area contributed by atoms with Crippen molar-refractivity contribution >= 4 is 17.8 Å². The maximum absolute atomic E-state index is 12.0. The zero-order chi connectivity index (χ0) is 14.6. The predicted molar refractivity (Wildman–Crippen MR) is 69.3 cm³/mol. The van der Waals surface area contributed by atoms with Gasteiger partial charge in [0.25, 0.3) is 0 Å². The van der Waals surface area contributed by atoms with E-state index < -0.39 is 11.6 Å². The van der Waals surface area contributed by atoms with Gasteiger partial charge in [0.05, 0.1) is 18.7 Å². The van der Waals surface area contributed by atoms with Crippen molar-refractivity contribution in [2.75, 3.05) is 13.2 Å². The number of amides is 2. The summed E-state index contributed by atoms with van der Waals surface area (Å²) in [5.41, 5.74) is -0.902. The molecule has 0 aromatic heterocycles. The molecule has 0 aromatic carbocycles. The van der Waals surface area contributed by atoms with Crippen molar-refractivity contribution in [3.05, 3.63) is 0 Å². The summed E-state index contributed by atoms with van der Waals surface area (Å²) in [5, 5.41) is 2.30. The normalized spacial score (nSPS) is 20.8. The molecule has 1 fully saturated rings. The zero-order valence-electron chi connectivity index (χ0n) is 12.0. The first-order valence-corrected chi connectivity index (χ1v) is 6.62. The molecule has 0 bridgehead atoms. The highest BCUT2D eigenvalue weighted by Crippen LogP contribution is 2.24. The molecule has 1 aliphatic rings. The van der Waals surface area contributed by atoms with E-state index in [9.17, 15) is 14.4 Å². The number of piperazine rings is 1. The van der Waals surface area contributed by atoms with Crippen LogP contribution in [0.4, 0.5) is 0 Å². The summed E-state index contributed by atoms with van der Waals surface area (Å²) >= 11 is 0. The third-order valence-corrected chi connectivity index (χ3v) is 3.34. The summed E-state index contributed by atoms with van der Waals surface area (Å²) in [6, 6.07) is -0.560. The van der Waals surface area contributed by atoms with Gasteiger partial charge in [0.1, 0.15) is 6.04 Å². The lowest BCUT2D eigenvalue weighted by Gasteiger charge is -2.43. The van der Waals surface area contributed by atoms with Gasteiger partial charge in [-0.05, 0) is 27.2 Å². The first-order chi connectivity index (χ1) is 8.84. The second-order valence-electron chi connectivity index (χ2n) is 5.12. The third-order valence-electron chi connectivity index (χ3n) is 3.34.